The summed E-state index contributed by atoms with van der Waals surface area (Å²) in [5.41, 5.74) is 0. The van der Waals surface area contributed by atoms with Gasteiger partial charge in [-0.3, -0.25) is 0 Å². The molecule has 0 saturated carbocycles. The summed E-state index contributed by atoms with van der Waals surface area (Å²) in [6.07, 6.45) is 11.1. The molecule has 1 saturated heterocycles. The zero-order valence-corrected chi connectivity index (χ0v) is 10.4. The lowest BCUT2D eigenvalue weighted by atomic mass is 10.1. The minimum Gasteiger partial charge on any atom is -0.317 e. The minimum absolute atomic E-state index is 0.793. The number of rotatable bonds is 8. The van der Waals surface area contributed by atoms with Crippen LogP contribution >= 0.6 is 0 Å². The van der Waals surface area contributed by atoms with Gasteiger partial charge in [0.15, 0.2) is 0 Å². The smallest absolute Gasteiger partial charge is 0.00912 e. The molecule has 1 heterocycles. The molecule has 0 spiro atoms. The summed E-state index contributed by atoms with van der Waals surface area (Å²) in [6, 6.07) is 0.793. The monoisotopic (exact) mass is 212 g/mol. The van der Waals surface area contributed by atoms with Crippen LogP contribution in [0.3, 0.4) is 0 Å². The average Bonchev–Trinajstić information content (AvgIpc) is 2.29. The summed E-state index contributed by atoms with van der Waals surface area (Å²) < 4.78 is 0. The van der Waals surface area contributed by atoms with Crippen LogP contribution in [-0.2, 0) is 0 Å². The second kappa shape index (κ2) is 9.17. The van der Waals surface area contributed by atoms with Gasteiger partial charge in [0.1, 0.15) is 0 Å². The van der Waals surface area contributed by atoms with Crippen LogP contribution in [0.5, 0.6) is 0 Å². The van der Waals surface area contributed by atoms with Crippen molar-refractivity contribution in [3.8, 4) is 0 Å². The zero-order valence-electron chi connectivity index (χ0n) is 10.4. The molecule has 0 atom stereocenters. The Bertz CT molecular complexity index is 130. The molecule has 1 fully saturated rings. The van der Waals surface area contributed by atoms with Crippen molar-refractivity contribution in [3.63, 3.8) is 0 Å². The number of unbranched alkanes of at least 4 members (excludes halogenated alkanes) is 5. The Balaban J connectivity index is 1.79. The molecule has 0 aliphatic carbocycles. The average molecular weight is 212 g/mol. The van der Waals surface area contributed by atoms with Crippen molar-refractivity contribution in [1.82, 2.24) is 10.6 Å². The lowest BCUT2D eigenvalue weighted by Crippen LogP contribution is -2.40. The Morgan fingerprint density at radius 2 is 1.67 bits per heavy atom. The quantitative estimate of drug-likeness (QED) is 0.605. The SMILES string of the molecule is CCCCCCCCNC1CCNCC1. The second-order valence-corrected chi connectivity index (χ2v) is 4.75. The molecule has 2 nitrogen and oxygen atoms in total. The third-order valence-corrected chi connectivity index (χ3v) is 3.30. The summed E-state index contributed by atoms with van der Waals surface area (Å²) in [5, 5.41) is 7.07. The largest absolute Gasteiger partial charge is 0.317 e. The van der Waals surface area contributed by atoms with Crippen molar-refractivity contribution in [2.24, 2.45) is 0 Å². The van der Waals surface area contributed by atoms with Gasteiger partial charge in [0.25, 0.3) is 0 Å². The van der Waals surface area contributed by atoms with E-state index in [0.29, 0.717) is 0 Å². The van der Waals surface area contributed by atoms with Crippen molar-refractivity contribution in [1.29, 1.82) is 0 Å². The van der Waals surface area contributed by atoms with Gasteiger partial charge < -0.3 is 10.6 Å². The van der Waals surface area contributed by atoms with Crippen molar-refractivity contribution < 1.29 is 0 Å². The molecule has 0 bridgehead atoms. The maximum Gasteiger partial charge on any atom is 0.00912 e. The van der Waals surface area contributed by atoms with Crippen LogP contribution in [0.15, 0.2) is 0 Å². The third kappa shape index (κ3) is 6.91. The van der Waals surface area contributed by atoms with Gasteiger partial charge in [-0.05, 0) is 38.9 Å². The Labute approximate surface area is 95.2 Å². The highest BCUT2D eigenvalue weighted by molar-refractivity contribution is 4.73. The topological polar surface area (TPSA) is 24.1 Å². The van der Waals surface area contributed by atoms with E-state index < -0.39 is 0 Å². The summed E-state index contributed by atoms with van der Waals surface area (Å²) in [6.45, 7) is 5.91. The van der Waals surface area contributed by atoms with E-state index in [-0.39, 0.29) is 0 Å². The first-order chi connectivity index (χ1) is 7.43. The number of hydrogen-bond acceptors (Lipinski definition) is 2. The highest BCUT2D eigenvalue weighted by Gasteiger charge is 2.10. The first-order valence-corrected chi connectivity index (χ1v) is 6.87. The number of nitrogens with one attached hydrogen (secondary N) is 2. The van der Waals surface area contributed by atoms with E-state index >= 15 is 0 Å². The van der Waals surface area contributed by atoms with Crippen LogP contribution in [0.2, 0.25) is 0 Å². The fourth-order valence-electron chi connectivity index (χ4n) is 2.24. The molecular weight excluding hydrogens is 184 g/mol. The Morgan fingerprint density at radius 3 is 2.40 bits per heavy atom. The first-order valence-electron chi connectivity index (χ1n) is 6.87. The Morgan fingerprint density at radius 1 is 1.00 bits per heavy atom. The zero-order chi connectivity index (χ0) is 10.8. The third-order valence-electron chi connectivity index (χ3n) is 3.30. The Hall–Kier alpha value is -0.0800. The van der Waals surface area contributed by atoms with Crippen molar-refractivity contribution in [2.45, 2.75) is 64.3 Å². The minimum atomic E-state index is 0.793. The van der Waals surface area contributed by atoms with Crippen molar-refractivity contribution in [3.05, 3.63) is 0 Å². The highest BCUT2D eigenvalue weighted by atomic mass is 15.0. The van der Waals surface area contributed by atoms with E-state index in [0.717, 1.165) is 6.04 Å². The summed E-state index contributed by atoms with van der Waals surface area (Å²) in [5.74, 6) is 0. The molecule has 0 amide bonds. The fraction of sp³-hybridized carbons (Fsp3) is 1.00. The van der Waals surface area contributed by atoms with Crippen molar-refractivity contribution >= 4 is 0 Å². The predicted octanol–water partition coefficient (Wildman–Crippen LogP) is 2.69. The highest BCUT2D eigenvalue weighted by Crippen LogP contribution is 2.05. The van der Waals surface area contributed by atoms with Crippen LogP contribution in [0.1, 0.15) is 58.3 Å². The maximum absolute atomic E-state index is 3.67. The van der Waals surface area contributed by atoms with Gasteiger partial charge in [-0.25, -0.2) is 0 Å². The van der Waals surface area contributed by atoms with Gasteiger partial charge in [0.2, 0.25) is 0 Å². The number of hydrogen-bond donors (Lipinski definition) is 2. The summed E-state index contributed by atoms with van der Waals surface area (Å²) in [4.78, 5) is 0. The lowest BCUT2D eigenvalue weighted by Gasteiger charge is -2.23. The number of piperidine rings is 1. The summed E-state index contributed by atoms with van der Waals surface area (Å²) >= 11 is 0. The van der Waals surface area contributed by atoms with Gasteiger partial charge in [-0.2, -0.15) is 0 Å². The molecule has 1 aliphatic heterocycles. The molecule has 15 heavy (non-hydrogen) atoms. The molecule has 0 aromatic rings. The molecule has 1 rings (SSSR count). The van der Waals surface area contributed by atoms with Crippen molar-refractivity contribution in [2.75, 3.05) is 19.6 Å². The van der Waals surface area contributed by atoms with Crippen LogP contribution in [0.25, 0.3) is 0 Å². The van der Waals surface area contributed by atoms with E-state index in [4.69, 9.17) is 0 Å². The van der Waals surface area contributed by atoms with E-state index in [2.05, 4.69) is 17.6 Å². The molecule has 2 N–H and O–H groups in total. The molecule has 0 radical (unpaired) electrons. The molecular formula is C13H28N2. The maximum atomic E-state index is 3.67. The predicted molar refractivity (Wildman–Crippen MR) is 67.3 cm³/mol. The van der Waals surface area contributed by atoms with Crippen LogP contribution in [0, 0.1) is 0 Å². The van der Waals surface area contributed by atoms with Crippen LogP contribution < -0.4 is 10.6 Å². The molecule has 0 unspecified atom stereocenters. The second-order valence-electron chi connectivity index (χ2n) is 4.75. The molecule has 90 valence electrons. The van der Waals surface area contributed by atoms with Gasteiger partial charge in [-0.1, -0.05) is 39.0 Å². The van der Waals surface area contributed by atoms with Crippen LogP contribution in [0.4, 0.5) is 0 Å². The van der Waals surface area contributed by atoms with E-state index in [9.17, 15) is 0 Å². The van der Waals surface area contributed by atoms with Gasteiger partial charge in [-0.15, -0.1) is 0 Å². The Kier molecular flexibility index (Phi) is 7.94. The molecule has 2 heteroatoms. The van der Waals surface area contributed by atoms with Gasteiger partial charge in [0, 0.05) is 6.04 Å². The normalized spacial score (nSPS) is 18.2. The lowest BCUT2D eigenvalue weighted by molar-refractivity contribution is 0.383. The molecule has 0 aromatic heterocycles. The van der Waals surface area contributed by atoms with Gasteiger partial charge >= 0.3 is 0 Å². The van der Waals surface area contributed by atoms with Crippen LogP contribution in [-0.4, -0.2) is 25.7 Å². The van der Waals surface area contributed by atoms with E-state index in [1.54, 1.807) is 0 Å². The fourth-order valence-corrected chi connectivity index (χ4v) is 2.24. The molecule has 1 aliphatic rings. The van der Waals surface area contributed by atoms with E-state index in [1.165, 1.54) is 71.0 Å². The summed E-state index contributed by atoms with van der Waals surface area (Å²) in [7, 11) is 0. The van der Waals surface area contributed by atoms with Gasteiger partial charge in [0.05, 0.1) is 0 Å². The standard InChI is InChI=1S/C13H28N2/c1-2-3-4-5-6-7-10-15-13-8-11-14-12-9-13/h13-15H,2-12H2,1H3. The first kappa shape index (κ1) is 13.0. The van der Waals surface area contributed by atoms with E-state index in [1.807, 2.05) is 0 Å². The molecule has 0 aromatic carbocycles.